The molecule has 174 valence electrons. The summed E-state index contributed by atoms with van der Waals surface area (Å²) in [5.74, 6) is -0.134. The van der Waals surface area contributed by atoms with Gasteiger partial charge in [0.1, 0.15) is 16.1 Å². The predicted molar refractivity (Wildman–Crippen MR) is 131 cm³/mol. The van der Waals surface area contributed by atoms with Gasteiger partial charge in [0.15, 0.2) is 0 Å². The van der Waals surface area contributed by atoms with Gasteiger partial charge in [-0.2, -0.15) is 5.26 Å². The number of thiophene rings is 1. The van der Waals surface area contributed by atoms with Crippen LogP contribution in [0.5, 0.6) is 0 Å². The first-order chi connectivity index (χ1) is 16.5. The minimum atomic E-state index is -0.462. The number of hydrogen-bond acceptors (Lipinski definition) is 8. The summed E-state index contributed by atoms with van der Waals surface area (Å²) in [4.78, 5) is 33.8. The van der Waals surface area contributed by atoms with Crippen molar-refractivity contribution in [2.24, 2.45) is 5.92 Å². The summed E-state index contributed by atoms with van der Waals surface area (Å²) in [6.45, 7) is 2.56. The summed E-state index contributed by atoms with van der Waals surface area (Å²) in [7, 11) is 0. The van der Waals surface area contributed by atoms with Crippen molar-refractivity contribution in [1.82, 2.24) is 15.3 Å². The Morgan fingerprint density at radius 1 is 1.41 bits per heavy atom. The average molecular weight is 494 g/mol. The van der Waals surface area contributed by atoms with Crippen molar-refractivity contribution >= 4 is 45.8 Å². The monoisotopic (exact) mass is 493 g/mol. The highest BCUT2D eigenvalue weighted by Crippen LogP contribution is 2.39. The second-order valence-corrected chi connectivity index (χ2v) is 9.92. The van der Waals surface area contributed by atoms with E-state index in [0.717, 1.165) is 33.1 Å². The number of rotatable bonds is 7. The fourth-order valence-electron chi connectivity index (χ4n) is 3.68. The van der Waals surface area contributed by atoms with Crippen LogP contribution in [0.2, 0.25) is 0 Å². The Hall–Kier alpha value is -3.55. The second-order valence-electron chi connectivity index (χ2n) is 7.87. The molecule has 0 fully saturated rings. The van der Waals surface area contributed by atoms with Gasteiger partial charge in [-0.1, -0.05) is 6.07 Å². The number of aryl methyl sites for hydroxylation is 1. The molecular weight excluding hydrogens is 470 g/mol. The van der Waals surface area contributed by atoms with E-state index >= 15 is 0 Å². The summed E-state index contributed by atoms with van der Waals surface area (Å²) in [6, 6.07) is 5.89. The third-order valence-electron chi connectivity index (χ3n) is 5.33. The van der Waals surface area contributed by atoms with Crippen LogP contribution in [0, 0.1) is 24.2 Å². The number of amides is 2. The van der Waals surface area contributed by atoms with E-state index in [1.165, 1.54) is 28.7 Å². The van der Waals surface area contributed by atoms with Gasteiger partial charge in [0.2, 0.25) is 5.91 Å². The van der Waals surface area contributed by atoms with Gasteiger partial charge in [0.05, 0.1) is 18.7 Å². The number of ether oxygens (including phenoxy) is 1. The van der Waals surface area contributed by atoms with Crippen molar-refractivity contribution in [3.63, 3.8) is 0 Å². The quantitative estimate of drug-likeness (QED) is 0.469. The molecule has 0 aliphatic heterocycles. The molecule has 1 aliphatic rings. The maximum Gasteiger partial charge on any atom is 0.407 e. The van der Waals surface area contributed by atoms with Gasteiger partial charge < -0.3 is 15.4 Å². The molecule has 34 heavy (non-hydrogen) atoms. The molecule has 0 radical (unpaired) electrons. The number of fused-ring (bicyclic) bond motifs is 1. The molecule has 0 saturated heterocycles. The molecule has 0 aromatic carbocycles. The van der Waals surface area contributed by atoms with Crippen molar-refractivity contribution < 1.29 is 14.3 Å². The lowest BCUT2D eigenvalue weighted by molar-refractivity contribution is -0.111. The fraction of sp³-hybridized carbons (Fsp3) is 0.292. The molecule has 4 rings (SSSR count). The van der Waals surface area contributed by atoms with E-state index < -0.39 is 6.09 Å². The van der Waals surface area contributed by atoms with Crippen molar-refractivity contribution in [1.29, 1.82) is 5.26 Å². The minimum Gasteiger partial charge on any atom is -0.449 e. The van der Waals surface area contributed by atoms with Gasteiger partial charge >= 0.3 is 6.09 Å². The Bertz CT molecular complexity index is 1240. The average Bonchev–Trinajstić information content (AvgIpc) is 3.42. The van der Waals surface area contributed by atoms with Crippen LogP contribution in [-0.4, -0.2) is 28.6 Å². The first-order valence-corrected chi connectivity index (χ1v) is 12.5. The lowest BCUT2D eigenvalue weighted by Crippen LogP contribution is -2.27. The van der Waals surface area contributed by atoms with Crippen LogP contribution >= 0.6 is 22.7 Å². The maximum absolute atomic E-state index is 12.4. The number of pyridine rings is 1. The summed E-state index contributed by atoms with van der Waals surface area (Å²) in [5, 5.41) is 18.6. The molecule has 0 saturated carbocycles. The second kappa shape index (κ2) is 11.0. The normalized spacial score (nSPS) is 14.9. The highest BCUT2D eigenvalue weighted by molar-refractivity contribution is 7.16. The Morgan fingerprint density at radius 2 is 2.29 bits per heavy atom. The van der Waals surface area contributed by atoms with Gasteiger partial charge in [-0.3, -0.25) is 9.78 Å². The number of nitriles is 1. The molecule has 3 aromatic heterocycles. The van der Waals surface area contributed by atoms with Crippen LogP contribution in [-0.2, 0) is 28.9 Å². The van der Waals surface area contributed by atoms with Crippen molar-refractivity contribution in [2.75, 3.05) is 11.9 Å². The number of carbonyl (C=O) groups is 2. The Kier molecular flexibility index (Phi) is 7.67. The van der Waals surface area contributed by atoms with Crippen LogP contribution in [0.3, 0.4) is 0 Å². The van der Waals surface area contributed by atoms with E-state index in [9.17, 15) is 14.9 Å². The lowest BCUT2D eigenvalue weighted by atomic mass is 9.88. The number of nitrogens with one attached hydrogen (secondary N) is 2. The fourth-order valence-corrected chi connectivity index (χ4v) is 5.71. The van der Waals surface area contributed by atoms with Gasteiger partial charge in [0, 0.05) is 34.4 Å². The van der Waals surface area contributed by atoms with E-state index in [4.69, 9.17) is 4.74 Å². The van der Waals surface area contributed by atoms with Crippen LogP contribution in [0.4, 0.5) is 9.80 Å². The molecule has 8 nitrogen and oxygen atoms in total. The van der Waals surface area contributed by atoms with Gasteiger partial charge in [0.25, 0.3) is 0 Å². The van der Waals surface area contributed by atoms with Crippen LogP contribution in [0.1, 0.15) is 38.7 Å². The van der Waals surface area contributed by atoms with Crippen LogP contribution in [0.25, 0.3) is 6.08 Å². The molecule has 1 atom stereocenters. The summed E-state index contributed by atoms with van der Waals surface area (Å²) in [5.41, 5.74) is 3.26. The van der Waals surface area contributed by atoms with E-state index in [1.807, 2.05) is 18.4 Å². The first-order valence-electron chi connectivity index (χ1n) is 10.8. The summed E-state index contributed by atoms with van der Waals surface area (Å²) >= 11 is 2.92. The van der Waals surface area contributed by atoms with E-state index in [-0.39, 0.29) is 11.8 Å². The van der Waals surface area contributed by atoms with E-state index in [2.05, 4.69) is 26.7 Å². The molecule has 0 spiro atoms. The lowest BCUT2D eigenvalue weighted by Gasteiger charge is -2.21. The first kappa shape index (κ1) is 23.6. The van der Waals surface area contributed by atoms with Gasteiger partial charge in [-0.15, -0.1) is 22.7 Å². The van der Waals surface area contributed by atoms with Crippen LogP contribution in [0.15, 0.2) is 36.0 Å². The zero-order valence-electron chi connectivity index (χ0n) is 18.5. The molecule has 1 unspecified atom stereocenters. The van der Waals surface area contributed by atoms with Gasteiger partial charge in [-0.25, -0.2) is 9.78 Å². The molecule has 3 heterocycles. The molecule has 2 amide bonds. The number of hydrogen-bond donors (Lipinski definition) is 2. The van der Waals surface area contributed by atoms with Crippen molar-refractivity contribution in [2.45, 2.75) is 32.7 Å². The van der Waals surface area contributed by atoms with Crippen molar-refractivity contribution in [3.05, 3.63) is 68.3 Å². The SMILES string of the molecule is Cc1csc(CNC(=O)OCC2CCc3c(sc(NC(=O)/C=C/c4cccnc4)c3C#N)C2)n1. The minimum absolute atomic E-state index is 0.166. The molecular formula is C24H23N5O3S2. The van der Waals surface area contributed by atoms with Gasteiger partial charge in [-0.05, 0) is 55.4 Å². The molecule has 3 aromatic rings. The van der Waals surface area contributed by atoms with Crippen molar-refractivity contribution in [3.8, 4) is 6.07 Å². The third-order valence-corrected chi connectivity index (χ3v) is 7.46. The highest BCUT2D eigenvalue weighted by Gasteiger charge is 2.27. The van der Waals surface area contributed by atoms with E-state index in [0.29, 0.717) is 36.6 Å². The van der Waals surface area contributed by atoms with Crippen LogP contribution < -0.4 is 10.6 Å². The number of aromatic nitrogens is 2. The number of alkyl carbamates (subject to hydrolysis) is 1. The zero-order valence-corrected chi connectivity index (χ0v) is 20.2. The summed E-state index contributed by atoms with van der Waals surface area (Å²) < 4.78 is 5.41. The Morgan fingerprint density at radius 3 is 3.03 bits per heavy atom. The smallest absolute Gasteiger partial charge is 0.407 e. The number of nitrogens with zero attached hydrogens (tertiary/aromatic N) is 3. The highest BCUT2D eigenvalue weighted by atomic mass is 32.1. The topological polar surface area (TPSA) is 117 Å². The maximum atomic E-state index is 12.4. The Labute approximate surface area is 205 Å². The molecule has 10 heteroatoms. The Balaban J connectivity index is 1.31. The molecule has 1 aliphatic carbocycles. The number of carbonyl (C=O) groups excluding carboxylic acids is 2. The standard InChI is InChI=1S/C24H23N5O3S2/c1-15-14-33-22(28-15)12-27-24(31)32-13-17-4-6-18-19(10-25)23(34-20(18)9-17)29-21(30)7-5-16-3-2-8-26-11-16/h2-3,5,7-8,11,14,17H,4,6,9,12-13H2,1H3,(H,27,31)(H,29,30)/b7-5+. The number of thiazole rings is 1. The third kappa shape index (κ3) is 6.07. The number of anilines is 1. The molecule has 0 bridgehead atoms. The zero-order chi connectivity index (χ0) is 23.9. The van der Waals surface area contributed by atoms with E-state index in [1.54, 1.807) is 24.5 Å². The summed E-state index contributed by atoms with van der Waals surface area (Å²) in [6.07, 6.45) is 8.20. The molecule has 2 N–H and O–H groups in total. The largest absolute Gasteiger partial charge is 0.449 e. The predicted octanol–water partition coefficient (Wildman–Crippen LogP) is 4.46.